The summed E-state index contributed by atoms with van der Waals surface area (Å²) in [6, 6.07) is 4.31. The lowest BCUT2D eigenvalue weighted by atomic mass is 10.4. The van der Waals surface area contributed by atoms with E-state index in [4.69, 9.17) is 14.3 Å². The van der Waals surface area contributed by atoms with Gasteiger partial charge in [-0.3, -0.25) is 0 Å². The predicted octanol–water partition coefficient (Wildman–Crippen LogP) is 1.53. The molecule has 2 rings (SSSR count). The Morgan fingerprint density at radius 1 is 1.38 bits per heavy atom. The number of carbonyl (C=O) groups excluding carboxylic acids is 1. The van der Waals surface area contributed by atoms with Gasteiger partial charge in [0.2, 0.25) is 5.76 Å². The number of ether oxygens (including phenoxy) is 1. The summed E-state index contributed by atoms with van der Waals surface area (Å²) in [6.45, 7) is 0. The first-order valence-corrected chi connectivity index (χ1v) is 4.35. The summed E-state index contributed by atoms with van der Waals surface area (Å²) in [7, 11) is 0. The molecule has 0 aliphatic heterocycles. The van der Waals surface area contributed by atoms with Gasteiger partial charge >= 0.3 is 11.9 Å². The maximum atomic E-state index is 11.4. The first-order chi connectivity index (χ1) is 7.68. The van der Waals surface area contributed by atoms with Crippen LogP contribution in [-0.2, 0) is 0 Å². The Bertz CT molecular complexity index is 511. The summed E-state index contributed by atoms with van der Waals surface area (Å²) in [5.41, 5.74) is -0.181. The van der Waals surface area contributed by atoms with E-state index in [1.165, 1.54) is 30.7 Å². The molecule has 6 heteroatoms. The zero-order valence-corrected chi connectivity index (χ0v) is 7.97. The molecule has 0 atom stereocenters. The van der Waals surface area contributed by atoms with Gasteiger partial charge in [-0.05, 0) is 18.2 Å². The monoisotopic (exact) mass is 221 g/mol. The quantitative estimate of drug-likeness (QED) is 0.766. The molecule has 0 aliphatic rings. The van der Waals surface area contributed by atoms with Crippen molar-refractivity contribution in [3.8, 4) is 5.75 Å². The van der Waals surface area contributed by atoms with Crippen LogP contribution in [0.5, 0.6) is 5.75 Å². The standard InChI is InChI=1S/C10H7NO5/c12-9(13)8-6(3-4-11-8)16-10(14)7-2-1-5-15-7/h1-5,11H,(H,12,13). The molecule has 0 saturated carbocycles. The minimum absolute atomic E-state index is 0.0116. The molecule has 2 aromatic rings. The number of hydrogen-bond acceptors (Lipinski definition) is 4. The molecule has 0 aliphatic carbocycles. The number of furan rings is 1. The van der Waals surface area contributed by atoms with Gasteiger partial charge in [0, 0.05) is 6.20 Å². The molecular formula is C10H7NO5. The number of nitrogens with one attached hydrogen (secondary N) is 1. The number of carboxylic acids is 1. The van der Waals surface area contributed by atoms with E-state index in [9.17, 15) is 9.59 Å². The van der Waals surface area contributed by atoms with Crippen molar-refractivity contribution in [1.29, 1.82) is 0 Å². The Balaban J connectivity index is 2.18. The van der Waals surface area contributed by atoms with Crippen LogP contribution in [0.15, 0.2) is 35.1 Å². The fourth-order valence-corrected chi connectivity index (χ4v) is 1.15. The molecule has 0 aromatic carbocycles. The first kappa shape index (κ1) is 10.0. The molecule has 6 nitrogen and oxygen atoms in total. The van der Waals surface area contributed by atoms with Gasteiger partial charge in [-0.25, -0.2) is 9.59 Å². The summed E-state index contributed by atoms with van der Waals surface area (Å²) in [6.07, 6.45) is 2.69. The Morgan fingerprint density at radius 3 is 2.81 bits per heavy atom. The number of rotatable bonds is 3. The van der Waals surface area contributed by atoms with Gasteiger partial charge in [0.1, 0.15) is 0 Å². The van der Waals surface area contributed by atoms with Crippen LogP contribution in [0, 0.1) is 0 Å². The second-order valence-electron chi connectivity index (χ2n) is 2.89. The average Bonchev–Trinajstić information content (AvgIpc) is 2.86. The lowest BCUT2D eigenvalue weighted by Gasteiger charge is -2.00. The third-order valence-corrected chi connectivity index (χ3v) is 1.85. The Hall–Kier alpha value is -2.50. The molecule has 0 saturated heterocycles. The predicted molar refractivity (Wildman–Crippen MR) is 51.4 cm³/mol. The van der Waals surface area contributed by atoms with Crippen LogP contribution in [0.4, 0.5) is 0 Å². The number of aromatic nitrogens is 1. The second kappa shape index (κ2) is 3.93. The zero-order chi connectivity index (χ0) is 11.5. The van der Waals surface area contributed by atoms with Crippen LogP contribution in [0.1, 0.15) is 21.0 Å². The van der Waals surface area contributed by atoms with Crippen molar-refractivity contribution in [1.82, 2.24) is 4.98 Å². The Labute approximate surface area is 89.5 Å². The smallest absolute Gasteiger partial charge is 0.379 e. The number of aromatic amines is 1. The normalized spacial score (nSPS) is 10.0. The van der Waals surface area contributed by atoms with Gasteiger partial charge in [-0.15, -0.1) is 0 Å². The largest absolute Gasteiger partial charge is 0.476 e. The summed E-state index contributed by atoms with van der Waals surface area (Å²) in [5, 5.41) is 8.75. The number of H-pyrrole nitrogens is 1. The van der Waals surface area contributed by atoms with Crippen molar-refractivity contribution in [2.45, 2.75) is 0 Å². The number of carboxylic acid groups (broad SMARTS) is 1. The van der Waals surface area contributed by atoms with Crippen LogP contribution >= 0.6 is 0 Å². The Morgan fingerprint density at radius 2 is 2.19 bits per heavy atom. The van der Waals surface area contributed by atoms with E-state index in [0.29, 0.717) is 0 Å². The van der Waals surface area contributed by atoms with Gasteiger partial charge in [-0.1, -0.05) is 0 Å². The van der Waals surface area contributed by atoms with E-state index >= 15 is 0 Å². The van der Waals surface area contributed by atoms with Crippen molar-refractivity contribution in [3.63, 3.8) is 0 Å². The van der Waals surface area contributed by atoms with Crippen molar-refractivity contribution < 1.29 is 23.8 Å². The number of hydrogen-bond donors (Lipinski definition) is 2. The lowest BCUT2D eigenvalue weighted by molar-refractivity contribution is 0.0666. The maximum absolute atomic E-state index is 11.4. The highest BCUT2D eigenvalue weighted by molar-refractivity contribution is 5.92. The molecule has 0 unspecified atom stereocenters. The van der Waals surface area contributed by atoms with E-state index in [0.717, 1.165) is 0 Å². The van der Waals surface area contributed by atoms with Gasteiger partial charge in [-0.2, -0.15) is 0 Å². The topological polar surface area (TPSA) is 92.5 Å². The van der Waals surface area contributed by atoms with Gasteiger partial charge < -0.3 is 19.2 Å². The van der Waals surface area contributed by atoms with Crippen molar-refractivity contribution >= 4 is 11.9 Å². The minimum Gasteiger partial charge on any atom is -0.476 e. The maximum Gasteiger partial charge on any atom is 0.379 e. The van der Waals surface area contributed by atoms with E-state index in [1.807, 2.05) is 0 Å². The van der Waals surface area contributed by atoms with Crippen LogP contribution in [-0.4, -0.2) is 22.0 Å². The molecule has 2 aromatic heterocycles. The van der Waals surface area contributed by atoms with Crippen LogP contribution in [0.2, 0.25) is 0 Å². The van der Waals surface area contributed by atoms with Crippen LogP contribution < -0.4 is 4.74 Å². The molecule has 0 spiro atoms. The molecule has 0 amide bonds. The molecule has 2 heterocycles. The second-order valence-corrected chi connectivity index (χ2v) is 2.89. The molecule has 0 fully saturated rings. The lowest BCUT2D eigenvalue weighted by Crippen LogP contribution is -2.09. The fraction of sp³-hybridized carbons (Fsp3) is 0. The first-order valence-electron chi connectivity index (χ1n) is 4.35. The van der Waals surface area contributed by atoms with Gasteiger partial charge in [0.25, 0.3) is 0 Å². The van der Waals surface area contributed by atoms with Crippen molar-refractivity contribution in [2.75, 3.05) is 0 Å². The van der Waals surface area contributed by atoms with Crippen LogP contribution in [0.25, 0.3) is 0 Å². The van der Waals surface area contributed by atoms with E-state index in [1.54, 1.807) is 0 Å². The van der Waals surface area contributed by atoms with Crippen LogP contribution in [0.3, 0.4) is 0 Å². The molecular weight excluding hydrogens is 214 g/mol. The van der Waals surface area contributed by atoms with Gasteiger partial charge in [0.15, 0.2) is 11.4 Å². The summed E-state index contributed by atoms with van der Waals surface area (Å²) < 4.78 is 9.66. The molecule has 0 bridgehead atoms. The van der Waals surface area contributed by atoms with E-state index < -0.39 is 11.9 Å². The molecule has 2 N–H and O–H groups in total. The fourth-order valence-electron chi connectivity index (χ4n) is 1.15. The summed E-state index contributed by atoms with van der Waals surface area (Å²) in [5.74, 6) is -1.98. The highest BCUT2D eigenvalue weighted by Crippen LogP contribution is 2.18. The highest BCUT2D eigenvalue weighted by atomic mass is 16.5. The average molecular weight is 221 g/mol. The highest BCUT2D eigenvalue weighted by Gasteiger charge is 2.18. The number of aromatic carboxylic acids is 1. The summed E-state index contributed by atoms with van der Waals surface area (Å²) in [4.78, 5) is 24.6. The molecule has 0 radical (unpaired) electrons. The van der Waals surface area contributed by atoms with E-state index in [2.05, 4.69) is 4.98 Å². The van der Waals surface area contributed by atoms with E-state index in [-0.39, 0.29) is 17.2 Å². The zero-order valence-electron chi connectivity index (χ0n) is 7.97. The van der Waals surface area contributed by atoms with Crippen molar-refractivity contribution in [3.05, 3.63) is 42.1 Å². The summed E-state index contributed by atoms with van der Waals surface area (Å²) >= 11 is 0. The Kier molecular flexibility index (Phi) is 2.47. The third-order valence-electron chi connectivity index (χ3n) is 1.85. The minimum atomic E-state index is -1.20. The molecule has 16 heavy (non-hydrogen) atoms. The van der Waals surface area contributed by atoms with Crippen molar-refractivity contribution in [2.24, 2.45) is 0 Å². The molecule has 82 valence electrons. The SMILES string of the molecule is O=C(Oc1cc[nH]c1C(=O)O)c1ccco1. The number of carbonyl (C=O) groups is 2. The number of esters is 1. The third kappa shape index (κ3) is 1.81. The van der Waals surface area contributed by atoms with Gasteiger partial charge in [0.05, 0.1) is 6.26 Å².